The second-order valence-electron chi connectivity index (χ2n) is 5.54. The van der Waals surface area contributed by atoms with Crippen molar-refractivity contribution in [3.05, 3.63) is 65.9 Å². The average molecular weight is 384 g/mol. The molecule has 0 saturated heterocycles. The van der Waals surface area contributed by atoms with Crippen LogP contribution in [0.25, 0.3) is 16.9 Å². The Labute approximate surface area is 146 Å². The van der Waals surface area contributed by atoms with Gasteiger partial charge >= 0.3 is 0 Å². The van der Waals surface area contributed by atoms with E-state index in [1.807, 2.05) is 0 Å². The summed E-state index contributed by atoms with van der Waals surface area (Å²) in [4.78, 5) is -1.08. The van der Waals surface area contributed by atoms with Crippen molar-refractivity contribution in [1.29, 1.82) is 0 Å². The molecule has 0 aliphatic carbocycles. The number of aromatic nitrogens is 2. The summed E-state index contributed by atoms with van der Waals surface area (Å²) in [7, 11) is -4.13. The fourth-order valence-electron chi connectivity index (χ4n) is 2.54. The quantitative estimate of drug-likeness (QED) is 0.635. The second kappa shape index (κ2) is 6.56. The van der Waals surface area contributed by atoms with Gasteiger partial charge in [-0.3, -0.25) is 0 Å². The number of alkyl halides is 2. The molecule has 0 unspecified atom stereocenters. The van der Waals surface area contributed by atoms with Crippen LogP contribution in [0.1, 0.15) is 12.1 Å². The topological polar surface area (TPSA) is 52.0 Å². The summed E-state index contributed by atoms with van der Waals surface area (Å²) in [6, 6.07) is 10.9. The first-order chi connectivity index (χ1) is 12.2. The van der Waals surface area contributed by atoms with Gasteiger partial charge in [-0.2, -0.15) is 5.10 Å². The van der Waals surface area contributed by atoms with Crippen LogP contribution in [0, 0.1) is 11.6 Å². The van der Waals surface area contributed by atoms with E-state index in [1.54, 1.807) is 30.3 Å². The van der Waals surface area contributed by atoms with Gasteiger partial charge in [0.1, 0.15) is 22.2 Å². The summed E-state index contributed by atoms with van der Waals surface area (Å²) in [6.07, 6.45) is -2.21. The van der Waals surface area contributed by atoms with Gasteiger partial charge in [0.15, 0.2) is 9.84 Å². The molecule has 0 bridgehead atoms. The highest BCUT2D eigenvalue weighted by Gasteiger charge is 2.23. The summed E-state index contributed by atoms with van der Waals surface area (Å²) < 4.78 is 78.5. The predicted octanol–water partition coefficient (Wildman–Crippen LogP) is 4.16. The molecule has 0 fully saturated rings. The van der Waals surface area contributed by atoms with Crippen molar-refractivity contribution in [2.24, 2.45) is 0 Å². The van der Waals surface area contributed by atoms with Crippen LogP contribution in [0.5, 0.6) is 0 Å². The van der Waals surface area contributed by atoms with Crippen LogP contribution in [0.15, 0.2) is 53.4 Å². The van der Waals surface area contributed by atoms with Gasteiger partial charge in [-0.25, -0.2) is 30.7 Å². The van der Waals surface area contributed by atoms with E-state index in [-0.39, 0.29) is 11.4 Å². The lowest BCUT2D eigenvalue weighted by molar-refractivity contribution is 0.145. The van der Waals surface area contributed by atoms with Crippen LogP contribution in [0.2, 0.25) is 0 Å². The van der Waals surface area contributed by atoms with E-state index in [0.29, 0.717) is 11.8 Å². The number of benzene rings is 2. The molecule has 0 N–H and O–H groups in total. The summed E-state index contributed by atoms with van der Waals surface area (Å²) in [5.41, 5.74) is -0.0956. The van der Waals surface area contributed by atoms with Crippen LogP contribution in [0.3, 0.4) is 0 Å². The van der Waals surface area contributed by atoms with Crippen LogP contribution >= 0.6 is 0 Å². The molecule has 136 valence electrons. The molecule has 0 spiro atoms. The first-order valence-electron chi connectivity index (χ1n) is 7.31. The molecule has 0 atom stereocenters. The molecule has 4 nitrogen and oxygen atoms in total. The molecule has 3 aromatic rings. The summed E-state index contributed by atoms with van der Waals surface area (Å²) >= 11 is 0. The summed E-state index contributed by atoms with van der Waals surface area (Å²) in [5.74, 6) is -2.65. The number of nitrogens with zero attached hydrogens (tertiary/aromatic N) is 2. The average Bonchev–Trinajstić information content (AvgIpc) is 2.99. The van der Waals surface area contributed by atoms with Crippen molar-refractivity contribution in [2.75, 3.05) is 6.26 Å². The SMILES string of the molecule is CS(=O)(=O)c1c(F)cc(-n2nc(C(F)F)cc2-c2ccccc2)cc1F. The van der Waals surface area contributed by atoms with Crippen molar-refractivity contribution in [3.8, 4) is 16.9 Å². The highest BCUT2D eigenvalue weighted by atomic mass is 32.2. The Kier molecular flexibility index (Phi) is 4.57. The van der Waals surface area contributed by atoms with Crippen molar-refractivity contribution in [1.82, 2.24) is 9.78 Å². The maximum atomic E-state index is 14.2. The van der Waals surface area contributed by atoms with E-state index in [1.165, 1.54) is 0 Å². The summed E-state index contributed by atoms with van der Waals surface area (Å²) in [5, 5.41) is 3.71. The Morgan fingerprint density at radius 3 is 2.08 bits per heavy atom. The maximum Gasteiger partial charge on any atom is 0.282 e. The third kappa shape index (κ3) is 3.34. The monoisotopic (exact) mass is 384 g/mol. The lowest BCUT2D eigenvalue weighted by atomic mass is 10.1. The standard InChI is InChI=1S/C17H12F4N2O2S/c1-26(24,25)16-12(18)7-11(8-13(16)19)23-15(9-14(22-23)17(20)21)10-5-3-2-4-6-10/h2-9,17H,1H3. The molecule has 0 amide bonds. The third-order valence-electron chi connectivity index (χ3n) is 3.62. The van der Waals surface area contributed by atoms with Crippen LogP contribution in [-0.2, 0) is 9.84 Å². The molecule has 1 heterocycles. The smallest absolute Gasteiger partial charge is 0.232 e. The van der Waals surface area contributed by atoms with E-state index >= 15 is 0 Å². The zero-order valence-electron chi connectivity index (χ0n) is 13.3. The Morgan fingerprint density at radius 2 is 1.58 bits per heavy atom. The van der Waals surface area contributed by atoms with Crippen LogP contribution in [-0.4, -0.2) is 24.5 Å². The second-order valence-corrected chi connectivity index (χ2v) is 7.50. The van der Waals surface area contributed by atoms with Crippen molar-refractivity contribution >= 4 is 9.84 Å². The predicted molar refractivity (Wildman–Crippen MR) is 87.0 cm³/mol. The van der Waals surface area contributed by atoms with E-state index in [0.717, 1.165) is 22.9 Å². The fraction of sp³-hybridized carbons (Fsp3) is 0.118. The van der Waals surface area contributed by atoms with Crippen molar-refractivity contribution in [3.63, 3.8) is 0 Å². The highest BCUT2D eigenvalue weighted by Crippen LogP contribution is 2.30. The molecular formula is C17H12F4N2O2S. The fourth-order valence-corrected chi connectivity index (χ4v) is 3.37. The Hall–Kier alpha value is -2.68. The molecule has 26 heavy (non-hydrogen) atoms. The molecule has 2 aromatic carbocycles. The van der Waals surface area contributed by atoms with Gasteiger partial charge in [0.25, 0.3) is 6.43 Å². The van der Waals surface area contributed by atoms with E-state index in [9.17, 15) is 26.0 Å². The lowest BCUT2D eigenvalue weighted by Gasteiger charge is -2.10. The van der Waals surface area contributed by atoms with Gasteiger partial charge < -0.3 is 0 Å². The minimum absolute atomic E-state index is 0.187. The third-order valence-corrected chi connectivity index (χ3v) is 4.75. The van der Waals surface area contributed by atoms with E-state index in [2.05, 4.69) is 5.10 Å². The minimum Gasteiger partial charge on any atom is -0.232 e. The number of hydrogen-bond acceptors (Lipinski definition) is 3. The maximum absolute atomic E-state index is 14.2. The van der Waals surface area contributed by atoms with E-state index in [4.69, 9.17) is 0 Å². The minimum atomic E-state index is -4.13. The first-order valence-corrected chi connectivity index (χ1v) is 9.20. The van der Waals surface area contributed by atoms with Crippen molar-refractivity contribution < 1.29 is 26.0 Å². The van der Waals surface area contributed by atoms with Gasteiger partial charge in [0, 0.05) is 24.0 Å². The van der Waals surface area contributed by atoms with Gasteiger partial charge in [-0.15, -0.1) is 0 Å². The van der Waals surface area contributed by atoms with Crippen LogP contribution < -0.4 is 0 Å². The summed E-state index contributed by atoms with van der Waals surface area (Å²) in [6.45, 7) is 0. The lowest BCUT2D eigenvalue weighted by Crippen LogP contribution is -2.08. The molecule has 0 saturated carbocycles. The normalized spacial score (nSPS) is 11.9. The molecule has 1 aromatic heterocycles. The molecular weight excluding hydrogens is 372 g/mol. The zero-order chi connectivity index (χ0) is 19.1. The van der Waals surface area contributed by atoms with E-state index < -0.39 is 38.5 Å². The highest BCUT2D eigenvalue weighted by molar-refractivity contribution is 7.90. The largest absolute Gasteiger partial charge is 0.282 e. The zero-order valence-corrected chi connectivity index (χ0v) is 14.1. The van der Waals surface area contributed by atoms with Crippen molar-refractivity contribution in [2.45, 2.75) is 11.3 Å². The molecule has 0 aliphatic rings. The number of rotatable bonds is 4. The number of sulfone groups is 1. The van der Waals surface area contributed by atoms with Gasteiger partial charge in [0.2, 0.25) is 0 Å². The van der Waals surface area contributed by atoms with Crippen LogP contribution in [0.4, 0.5) is 17.6 Å². The first kappa shape index (κ1) is 18.1. The van der Waals surface area contributed by atoms with Gasteiger partial charge in [-0.1, -0.05) is 30.3 Å². The Bertz CT molecular complexity index is 1040. The van der Waals surface area contributed by atoms with Gasteiger partial charge in [0.05, 0.1) is 11.4 Å². The Morgan fingerprint density at radius 1 is 1.00 bits per heavy atom. The molecule has 9 heteroatoms. The molecule has 0 aliphatic heterocycles. The van der Waals surface area contributed by atoms with Gasteiger partial charge in [-0.05, 0) is 6.07 Å². The number of halogens is 4. The Balaban J connectivity index is 2.24. The number of hydrogen-bond donors (Lipinski definition) is 0. The molecule has 3 rings (SSSR count). The molecule has 0 radical (unpaired) electrons.